The van der Waals surface area contributed by atoms with E-state index in [-0.39, 0.29) is 17.1 Å². The highest BCUT2D eigenvalue weighted by Gasteiger charge is 2.20. The summed E-state index contributed by atoms with van der Waals surface area (Å²) < 4.78 is 19.5. The molecule has 2 aromatic rings. The second-order valence-corrected chi connectivity index (χ2v) is 4.42. The number of nitrogen functional groups attached to an aromatic ring is 1. The predicted molar refractivity (Wildman–Crippen MR) is 72.1 cm³/mol. The summed E-state index contributed by atoms with van der Waals surface area (Å²) in [6, 6.07) is 6.42. The Morgan fingerprint density at radius 2 is 2.11 bits per heavy atom. The molecule has 0 saturated carbocycles. The Morgan fingerprint density at radius 3 is 2.79 bits per heavy atom. The number of ether oxygens (including phenoxy) is 1. The standard InChI is InChI=1S/C13H13ClFN3O/c1-7-6-10(19-2)18-13(17-7)11(15)8-4-3-5-9(14)12(8)16/h3-6,11H,16H2,1-2H3. The minimum atomic E-state index is -1.55. The van der Waals surface area contributed by atoms with Gasteiger partial charge in [0.1, 0.15) is 0 Å². The lowest BCUT2D eigenvalue weighted by Gasteiger charge is -2.12. The Labute approximate surface area is 115 Å². The van der Waals surface area contributed by atoms with Crippen LogP contribution in [0, 0.1) is 6.92 Å². The van der Waals surface area contributed by atoms with Gasteiger partial charge in [0.05, 0.1) is 17.8 Å². The lowest BCUT2D eigenvalue weighted by molar-refractivity contribution is 0.361. The number of alkyl halides is 1. The number of methoxy groups -OCH3 is 1. The molecule has 4 nitrogen and oxygen atoms in total. The molecule has 2 rings (SSSR count). The number of benzene rings is 1. The fourth-order valence-corrected chi connectivity index (χ4v) is 1.88. The van der Waals surface area contributed by atoms with Crippen LogP contribution in [-0.2, 0) is 0 Å². The van der Waals surface area contributed by atoms with E-state index in [2.05, 4.69) is 9.97 Å². The summed E-state index contributed by atoms with van der Waals surface area (Å²) >= 11 is 5.88. The van der Waals surface area contributed by atoms with Crippen molar-refractivity contribution in [2.45, 2.75) is 13.1 Å². The number of rotatable bonds is 3. The van der Waals surface area contributed by atoms with Crippen LogP contribution in [0.4, 0.5) is 10.1 Å². The number of aryl methyl sites for hydroxylation is 1. The fraction of sp³-hybridized carbons (Fsp3) is 0.231. The van der Waals surface area contributed by atoms with Crippen molar-refractivity contribution in [1.82, 2.24) is 9.97 Å². The highest BCUT2D eigenvalue weighted by Crippen LogP contribution is 2.33. The quantitative estimate of drug-likeness (QED) is 0.878. The van der Waals surface area contributed by atoms with Gasteiger partial charge in [0.15, 0.2) is 12.0 Å². The molecule has 0 bridgehead atoms. The Kier molecular flexibility index (Phi) is 3.85. The Balaban J connectivity index is 2.46. The summed E-state index contributed by atoms with van der Waals surface area (Å²) in [5.74, 6) is 0.316. The Hall–Kier alpha value is -1.88. The van der Waals surface area contributed by atoms with E-state index < -0.39 is 6.17 Å². The van der Waals surface area contributed by atoms with Gasteiger partial charge in [0, 0.05) is 17.3 Å². The number of nitrogens with zero attached hydrogens (tertiary/aromatic N) is 2. The number of aromatic nitrogens is 2. The number of halogens is 2. The van der Waals surface area contributed by atoms with Crippen LogP contribution in [0.3, 0.4) is 0 Å². The van der Waals surface area contributed by atoms with E-state index in [9.17, 15) is 4.39 Å². The first-order valence-corrected chi connectivity index (χ1v) is 5.98. The first-order chi connectivity index (χ1) is 9.02. The maximum atomic E-state index is 14.5. The molecule has 6 heteroatoms. The zero-order chi connectivity index (χ0) is 14.0. The van der Waals surface area contributed by atoms with Crippen LogP contribution in [0.1, 0.15) is 23.3 Å². The fourth-order valence-electron chi connectivity index (χ4n) is 1.69. The summed E-state index contributed by atoms with van der Waals surface area (Å²) in [7, 11) is 1.46. The minimum Gasteiger partial charge on any atom is -0.481 e. The highest BCUT2D eigenvalue weighted by atomic mass is 35.5. The van der Waals surface area contributed by atoms with E-state index >= 15 is 0 Å². The molecule has 0 amide bonds. The molecule has 1 heterocycles. The van der Waals surface area contributed by atoms with Crippen LogP contribution in [-0.4, -0.2) is 17.1 Å². The molecule has 100 valence electrons. The molecule has 1 atom stereocenters. The summed E-state index contributed by atoms with van der Waals surface area (Å²) in [5, 5.41) is 0.305. The first kappa shape index (κ1) is 13.5. The van der Waals surface area contributed by atoms with Crippen LogP contribution in [0.25, 0.3) is 0 Å². The van der Waals surface area contributed by atoms with Crippen LogP contribution < -0.4 is 10.5 Å². The normalized spacial score (nSPS) is 12.2. The van der Waals surface area contributed by atoms with Crippen molar-refractivity contribution in [1.29, 1.82) is 0 Å². The van der Waals surface area contributed by atoms with Crippen LogP contribution in [0.5, 0.6) is 5.88 Å². The molecule has 0 spiro atoms. The molecule has 0 aliphatic rings. The molecule has 19 heavy (non-hydrogen) atoms. The van der Waals surface area contributed by atoms with Gasteiger partial charge in [0.2, 0.25) is 5.88 Å². The third kappa shape index (κ3) is 2.76. The van der Waals surface area contributed by atoms with Crippen molar-refractivity contribution in [3.63, 3.8) is 0 Å². The summed E-state index contributed by atoms with van der Waals surface area (Å²) in [4.78, 5) is 8.06. The summed E-state index contributed by atoms with van der Waals surface area (Å²) in [6.07, 6.45) is -1.55. The van der Waals surface area contributed by atoms with Gasteiger partial charge in [-0.2, -0.15) is 4.98 Å². The largest absolute Gasteiger partial charge is 0.481 e. The van der Waals surface area contributed by atoms with Crippen molar-refractivity contribution < 1.29 is 9.13 Å². The van der Waals surface area contributed by atoms with Gasteiger partial charge in [-0.3, -0.25) is 0 Å². The summed E-state index contributed by atoms with van der Waals surface area (Å²) in [5.41, 5.74) is 6.83. The van der Waals surface area contributed by atoms with E-state index in [1.165, 1.54) is 7.11 Å². The summed E-state index contributed by atoms with van der Waals surface area (Å²) in [6.45, 7) is 1.74. The predicted octanol–water partition coefficient (Wildman–Crippen LogP) is 3.09. The van der Waals surface area contributed by atoms with Crippen molar-refractivity contribution in [2.75, 3.05) is 12.8 Å². The van der Waals surface area contributed by atoms with Gasteiger partial charge < -0.3 is 10.5 Å². The van der Waals surface area contributed by atoms with E-state index in [1.807, 2.05) is 0 Å². The van der Waals surface area contributed by atoms with Crippen LogP contribution in [0.2, 0.25) is 5.02 Å². The molecule has 0 saturated heterocycles. The molecule has 2 N–H and O–H groups in total. The molecule has 0 fully saturated rings. The highest BCUT2D eigenvalue weighted by molar-refractivity contribution is 6.33. The van der Waals surface area contributed by atoms with E-state index in [1.54, 1.807) is 31.2 Å². The van der Waals surface area contributed by atoms with Gasteiger partial charge >= 0.3 is 0 Å². The number of hydrogen-bond acceptors (Lipinski definition) is 4. The molecule has 1 aromatic heterocycles. The van der Waals surface area contributed by atoms with Crippen molar-refractivity contribution in [2.24, 2.45) is 0 Å². The lowest BCUT2D eigenvalue weighted by atomic mass is 10.1. The second kappa shape index (κ2) is 5.40. The number of hydrogen-bond donors (Lipinski definition) is 1. The zero-order valence-corrected chi connectivity index (χ0v) is 11.3. The smallest absolute Gasteiger partial charge is 0.216 e. The molecule has 1 aromatic carbocycles. The van der Waals surface area contributed by atoms with Gasteiger partial charge in [-0.05, 0) is 13.0 Å². The molecular formula is C13H13ClFN3O. The number of anilines is 1. The lowest BCUT2D eigenvalue weighted by Crippen LogP contribution is -2.06. The van der Waals surface area contributed by atoms with Crippen molar-refractivity contribution in [3.05, 3.63) is 46.4 Å². The van der Waals surface area contributed by atoms with E-state index in [0.717, 1.165) is 0 Å². The molecule has 1 unspecified atom stereocenters. The topological polar surface area (TPSA) is 61.0 Å². The van der Waals surface area contributed by atoms with Crippen molar-refractivity contribution >= 4 is 17.3 Å². The van der Waals surface area contributed by atoms with Gasteiger partial charge in [-0.15, -0.1) is 0 Å². The van der Waals surface area contributed by atoms with E-state index in [4.69, 9.17) is 22.1 Å². The number of nitrogens with two attached hydrogens (primary N) is 1. The first-order valence-electron chi connectivity index (χ1n) is 5.60. The van der Waals surface area contributed by atoms with Crippen LogP contribution in [0.15, 0.2) is 24.3 Å². The minimum absolute atomic E-state index is 0.00539. The number of para-hydroxylation sites is 1. The maximum Gasteiger partial charge on any atom is 0.216 e. The SMILES string of the molecule is COc1cc(C)nc(C(F)c2cccc(Cl)c2N)n1. The molecule has 0 aliphatic carbocycles. The maximum absolute atomic E-state index is 14.5. The second-order valence-electron chi connectivity index (χ2n) is 4.02. The Bertz CT molecular complexity index is 606. The van der Waals surface area contributed by atoms with Gasteiger partial charge in [0.25, 0.3) is 0 Å². The van der Waals surface area contributed by atoms with Gasteiger partial charge in [-0.25, -0.2) is 9.37 Å². The molecule has 0 aliphatic heterocycles. The van der Waals surface area contributed by atoms with Crippen LogP contribution >= 0.6 is 11.6 Å². The zero-order valence-electron chi connectivity index (χ0n) is 10.5. The third-order valence-electron chi connectivity index (χ3n) is 2.64. The van der Waals surface area contributed by atoms with Gasteiger partial charge in [-0.1, -0.05) is 23.7 Å². The molecule has 0 radical (unpaired) electrons. The van der Waals surface area contributed by atoms with Crippen molar-refractivity contribution in [3.8, 4) is 5.88 Å². The average Bonchev–Trinajstić information content (AvgIpc) is 2.40. The average molecular weight is 282 g/mol. The third-order valence-corrected chi connectivity index (χ3v) is 2.97. The Morgan fingerprint density at radius 1 is 1.37 bits per heavy atom. The van der Waals surface area contributed by atoms with E-state index in [0.29, 0.717) is 16.6 Å². The monoisotopic (exact) mass is 281 g/mol. The molecular weight excluding hydrogens is 269 g/mol.